The molecule has 0 fully saturated rings. The molecule has 2 rings (SSSR count). The van der Waals surface area contributed by atoms with Crippen molar-refractivity contribution in [3.05, 3.63) is 36.5 Å². The molecule has 0 aliphatic rings. The molecule has 2 N–H and O–H groups in total. The number of aliphatic hydroxyl groups is 1. The fourth-order valence-electron chi connectivity index (χ4n) is 1.67. The Labute approximate surface area is 100 Å². The average Bonchev–Trinajstić information content (AvgIpc) is 2.36. The van der Waals surface area contributed by atoms with Crippen LogP contribution in [0.25, 0.3) is 10.9 Å². The minimum Gasteiger partial charge on any atom is -0.489 e. The van der Waals surface area contributed by atoms with Gasteiger partial charge in [0.05, 0.1) is 0 Å². The Kier molecular flexibility index (Phi) is 3.90. The van der Waals surface area contributed by atoms with Gasteiger partial charge in [0.15, 0.2) is 0 Å². The largest absolute Gasteiger partial charge is 0.489 e. The van der Waals surface area contributed by atoms with E-state index in [2.05, 4.69) is 10.3 Å². The molecule has 0 aliphatic heterocycles. The molecule has 0 spiro atoms. The molecule has 90 valence electrons. The summed E-state index contributed by atoms with van der Waals surface area (Å²) in [5, 5.41) is 13.5. The summed E-state index contributed by atoms with van der Waals surface area (Å²) in [5.41, 5.74) is 0.826. The van der Waals surface area contributed by atoms with Crippen molar-refractivity contribution in [2.75, 3.05) is 20.2 Å². The van der Waals surface area contributed by atoms with Gasteiger partial charge in [0.2, 0.25) is 0 Å². The summed E-state index contributed by atoms with van der Waals surface area (Å²) in [6, 6.07) is 9.64. The van der Waals surface area contributed by atoms with Crippen molar-refractivity contribution < 1.29 is 9.84 Å². The maximum absolute atomic E-state index is 9.57. The quantitative estimate of drug-likeness (QED) is 0.813. The van der Waals surface area contributed by atoms with Crippen LogP contribution in [0, 0.1) is 0 Å². The molecule has 2 aromatic rings. The minimum absolute atomic E-state index is 0.260. The zero-order chi connectivity index (χ0) is 12.1. The third-order valence-electron chi connectivity index (χ3n) is 2.47. The average molecular weight is 232 g/mol. The molecule has 0 saturated carbocycles. The number of nitrogens with one attached hydrogen (secondary N) is 1. The standard InChI is InChI=1S/C13H16N2O2/c1-14-8-11(16)9-17-12-6-2-4-10-5-3-7-15-13(10)12/h2-7,11,14,16H,8-9H2,1H3. The number of ether oxygens (including phenoxy) is 1. The molecule has 0 amide bonds. The van der Waals surface area contributed by atoms with Crippen LogP contribution in [0.4, 0.5) is 0 Å². The number of hydrogen-bond donors (Lipinski definition) is 2. The van der Waals surface area contributed by atoms with E-state index in [4.69, 9.17) is 4.74 Å². The van der Waals surface area contributed by atoms with Gasteiger partial charge in [-0.1, -0.05) is 18.2 Å². The SMILES string of the molecule is CNCC(O)COc1cccc2cccnc12. The maximum Gasteiger partial charge on any atom is 0.145 e. The highest BCUT2D eigenvalue weighted by atomic mass is 16.5. The smallest absolute Gasteiger partial charge is 0.145 e. The molecule has 17 heavy (non-hydrogen) atoms. The van der Waals surface area contributed by atoms with Gasteiger partial charge in [0, 0.05) is 18.1 Å². The molecule has 1 atom stereocenters. The molecule has 0 radical (unpaired) electrons. The van der Waals surface area contributed by atoms with Gasteiger partial charge in [-0.15, -0.1) is 0 Å². The third-order valence-corrected chi connectivity index (χ3v) is 2.47. The van der Waals surface area contributed by atoms with Crippen LogP contribution in [-0.4, -0.2) is 36.4 Å². The molecule has 4 heteroatoms. The first-order chi connectivity index (χ1) is 8.31. The van der Waals surface area contributed by atoms with Crippen LogP contribution in [0.2, 0.25) is 0 Å². The van der Waals surface area contributed by atoms with Gasteiger partial charge >= 0.3 is 0 Å². The predicted molar refractivity (Wildman–Crippen MR) is 67.2 cm³/mol. The normalized spacial score (nSPS) is 12.6. The number of aliphatic hydroxyl groups excluding tert-OH is 1. The number of pyridine rings is 1. The zero-order valence-corrected chi connectivity index (χ0v) is 9.76. The van der Waals surface area contributed by atoms with E-state index in [9.17, 15) is 5.11 Å². The second kappa shape index (κ2) is 5.61. The highest BCUT2D eigenvalue weighted by molar-refractivity contribution is 5.84. The second-order valence-electron chi connectivity index (χ2n) is 3.85. The van der Waals surface area contributed by atoms with E-state index in [-0.39, 0.29) is 6.61 Å². The molecular formula is C13H16N2O2. The molecule has 1 aromatic carbocycles. The van der Waals surface area contributed by atoms with E-state index >= 15 is 0 Å². The number of nitrogens with zero attached hydrogens (tertiary/aromatic N) is 1. The maximum atomic E-state index is 9.57. The van der Waals surface area contributed by atoms with Crippen molar-refractivity contribution in [1.82, 2.24) is 10.3 Å². The number of aromatic nitrogens is 1. The Morgan fingerprint density at radius 1 is 1.35 bits per heavy atom. The van der Waals surface area contributed by atoms with Crippen LogP contribution in [0.15, 0.2) is 36.5 Å². The number of likely N-dealkylation sites (N-methyl/N-ethyl adjacent to an activating group) is 1. The molecule has 1 unspecified atom stereocenters. The summed E-state index contributed by atoms with van der Waals surface area (Å²) in [6.45, 7) is 0.773. The van der Waals surface area contributed by atoms with Crippen LogP contribution >= 0.6 is 0 Å². The lowest BCUT2D eigenvalue weighted by Gasteiger charge is -2.12. The number of para-hydroxylation sites is 1. The Morgan fingerprint density at radius 2 is 2.18 bits per heavy atom. The van der Waals surface area contributed by atoms with Crippen molar-refractivity contribution in [2.45, 2.75) is 6.10 Å². The van der Waals surface area contributed by atoms with Crippen LogP contribution < -0.4 is 10.1 Å². The molecule has 0 bridgehead atoms. The molecule has 1 aromatic heterocycles. The minimum atomic E-state index is -0.515. The van der Waals surface area contributed by atoms with Gasteiger partial charge in [-0.25, -0.2) is 0 Å². The van der Waals surface area contributed by atoms with Crippen LogP contribution in [0.5, 0.6) is 5.75 Å². The summed E-state index contributed by atoms with van der Waals surface area (Å²) >= 11 is 0. The Bertz CT molecular complexity index is 482. The first-order valence-electron chi connectivity index (χ1n) is 5.60. The lowest BCUT2D eigenvalue weighted by Crippen LogP contribution is -2.29. The Morgan fingerprint density at radius 3 is 3.00 bits per heavy atom. The molecule has 1 heterocycles. The summed E-state index contributed by atoms with van der Waals surface area (Å²) < 4.78 is 5.58. The van der Waals surface area contributed by atoms with Crippen molar-refractivity contribution >= 4 is 10.9 Å². The summed E-state index contributed by atoms with van der Waals surface area (Å²) in [7, 11) is 1.79. The van der Waals surface area contributed by atoms with E-state index in [1.54, 1.807) is 13.2 Å². The summed E-state index contributed by atoms with van der Waals surface area (Å²) in [6.07, 6.45) is 1.22. The Hall–Kier alpha value is -1.65. The Balaban J connectivity index is 2.13. The van der Waals surface area contributed by atoms with E-state index in [1.807, 2.05) is 30.3 Å². The monoisotopic (exact) mass is 232 g/mol. The van der Waals surface area contributed by atoms with Crippen LogP contribution in [0.1, 0.15) is 0 Å². The van der Waals surface area contributed by atoms with Gasteiger partial charge in [0.1, 0.15) is 24.0 Å². The highest BCUT2D eigenvalue weighted by Gasteiger charge is 2.06. The van der Waals surface area contributed by atoms with Gasteiger partial charge in [0.25, 0.3) is 0 Å². The first-order valence-corrected chi connectivity index (χ1v) is 5.60. The van der Waals surface area contributed by atoms with Gasteiger partial charge in [-0.05, 0) is 19.2 Å². The van der Waals surface area contributed by atoms with Gasteiger partial charge in [-0.3, -0.25) is 4.98 Å². The third kappa shape index (κ3) is 2.93. The van der Waals surface area contributed by atoms with E-state index < -0.39 is 6.10 Å². The second-order valence-corrected chi connectivity index (χ2v) is 3.85. The summed E-state index contributed by atoms with van der Waals surface area (Å²) in [4.78, 5) is 4.28. The number of rotatable bonds is 5. The fraction of sp³-hybridized carbons (Fsp3) is 0.308. The zero-order valence-electron chi connectivity index (χ0n) is 9.76. The highest BCUT2D eigenvalue weighted by Crippen LogP contribution is 2.22. The van der Waals surface area contributed by atoms with Crippen molar-refractivity contribution in [1.29, 1.82) is 0 Å². The topological polar surface area (TPSA) is 54.4 Å². The van der Waals surface area contributed by atoms with Gasteiger partial charge < -0.3 is 15.2 Å². The lowest BCUT2D eigenvalue weighted by atomic mass is 10.2. The van der Waals surface area contributed by atoms with E-state index in [0.29, 0.717) is 12.3 Å². The lowest BCUT2D eigenvalue weighted by molar-refractivity contribution is 0.109. The molecule has 0 aliphatic carbocycles. The molecular weight excluding hydrogens is 216 g/mol. The number of hydrogen-bond acceptors (Lipinski definition) is 4. The van der Waals surface area contributed by atoms with E-state index in [1.165, 1.54) is 0 Å². The fourth-order valence-corrected chi connectivity index (χ4v) is 1.67. The predicted octanol–water partition coefficient (Wildman–Crippen LogP) is 1.19. The number of benzene rings is 1. The van der Waals surface area contributed by atoms with Crippen molar-refractivity contribution in [3.63, 3.8) is 0 Å². The summed E-state index contributed by atoms with van der Waals surface area (Å²) in [5.74, 6) is 0.707. The number of fused-ring (bicyclic) bond motifs is 1. The molecule has 4 nitrogen and oxygen atoms in total. The first kappa shape index (κ1) is 11.8. The van der Waals surface area contributed by atoms with Gasteiger partial charge in [-0.2, -0.15) is 0 Å². The van der Waals surface area contributed by atoms with Crippen molar-refractivity contribution in [3.8, 4) is 5.75 Å². The molecule has 0 saturated heterocycles. The van der Waals surface area contributed by atoms with Crippen LogP contribution in [0.3, 0.4) is 0 Å². The van der Waals surface area contributed by atoms with E-state index in [0.717, 1.165) is 10.9 Å². The van der Waals surface area contributed by atoms with Crippen molar-refractivity contribution in [2.24, 2.45) is 0 Å². The van der Waals surface area contributed by atoms with Crippen LogP contribution in [-0.2, 0) is 0 Å².